The van der Waals surface area contributed by atoms with Crippen molar-refractivity contribution in [3.05, 3.63) is 76.2 Å². The van der Waals surface area contributed by atoms with Gasteiger partial charge in [0.15, 0.2) is 0 Å². The molecule has 5 N–H and O–H groups in total. The predicted molar refractivity (Wildman–Crippen MR) is 160 cm³/mol. The zero-order valence-corrected chi connectivity index (χ0v) is 23.5. The highest BCUT2D eigenvalue weighted by Gasteiger charge is 2.30. The van der Waals surface area contributed by atoms with E-state index in [1.807, 2.05) is 43.3 Å². The maximum atomic E-state index is 13.6. The van der Waals surface area contributed by atoms with Gasteiger partial charge in [0.2, 0.25) is 11.8 Å². The maximum Gasteiger partial charge on any atom is 0.271 e. The van der Waals surface area contributed by atoms with E-state index in [1.54, 1.807) is 25.3 Å². The van der Waals surface area contributed by atoms with Crippen molar-refractivity contribution in [2.75, 3.05) is 19.0 Å². The van der Waals surface area contributed by atoms with Crippen molar-refractivity contribution in [3.8, 4) is 17.0 Å². The highest BCUT2D eigenvalue weighted by Crippen LogP contribution is 2.31. The van der Waals surface area contributed by atoms with Crippen molar-refractivity contribution in [3.63, 3.8) is 0 Å². The zero-order valence-electron chi connectivity index (χ0n) is 23.5. The van der Waals surface area contributed by atoms with Crippen LogP contribution in [0.1, 0.15) is 43.4 Å². The van der Waals surface area contributed by atoms with E-state index in [9.17, 15) is 14.4 Å². The number of fused-ring (bicyclic) bond motifs is 1. The number of hydrogen-bond acceptors (Lipinski definition) is 6. The average Bonchev–Trinajstić information content (AvgIpc) is 3.36. The van der Waals surface area contributed by atoms with E-state index in [1.165, 1.54) is 0 Å². The largest absolute Gasteiger partial charge is 0.481 e. The summed E-state index contributed by atoms with van der Waals surface area (Å²) in [6.07, 6.45) is 4.18. The topological polar surface area (TPSA) is 143 Å². The summed E-state index contributed by atoms with van der Waals surface area (Å²) in [6, 6.07) is 17.0. The Morgan fingerprint density at radius 2 is 1.80 bits per heavy atom. The third-order valence-corrected chi connectivity index (χ3v) is 8.31. The Bertz CT molecular complexity index is 1580. The molecule has 41 heavy (non-hydrogen) atoms. The number of aromatic nitrogens is 3. The van der Waals surface area contributed by atoms with E-state index in [2.05, 4.69) is 20.5 Å². The van der Waals surface area contributed by atoms with Crippen molar-refractivity contribution >= 4 is 28.3 Å². The molecular formula is C32H37N5O4. The van der Waals surface area contributed by atoms with Crippen molar-refractivity contribution < 1.29 is 14.3 Å². The molecule has 0 aliphatic heterocycles. The molecule has 0 bridgehead atoms. The Morgan fingerprint density at radius 1 is 1.05 bits per heavy atom. The Kier molecular flexibility index (Phi) is 8.64. The molecule has 1 aliphatic rings. The minimum absolute atomic E-state index is 0.0256. The third kappa shape index (κ3) is 6.57. The minimum Gasteiger partial charge on any atom is -0.481 e. The van der Waals surface area contributed by atoms with E-state index in [-0.39, 0.29) is 29.6 Å². The van der Waals surface area contributed by atoms with Crippen LogP contribution in [0, 0.1) is 24.7 Å². The molecule has 1 fully saturated rings. The summed E-state index contributed by atoms with van der Waals surface area (Å²) in [5.74, 6) is 0.414. The fourth-order valence-corrected chi connectivity index (χ4v) is 5.81. The highest BCUT2D eigenvalue weighted by molar-refractivity contribution is 5.97. The van der Waals surface area contributed by atoms with E-state index in [0.717, 1.165) is 48.1 Å². The van der Waals surface area contributed by atoms with Crippen LogP contribution in [0.3, 0.4) is 0 Å². The lowest BCUT2D eigenvalue weighted by atomic mass is 9.77. The molecule has 2 aromatic heterocycles. The normalized spacial score (nSPS) is 17.7. The number of aryl methyl sites for hydroxylation is 1. The van der Waals surface area contributed by atoms with Crippen LogP contribution in [0.25, 0.3) is 22.0 Å². The van der Waals surface area contributed by atoms with Crippen LogP contribution in [0.2, 0.25) is 0 Å². The Balaban J connectivity index is 1.34. The smallest absolute Gasteiger partial charge is 0.271 e. The summed E-state index contributed by atoms with van der Waals surface area (Å²) >= 11 is 0. The summed E-state index contributed by atoms with van der Waals surface area (Å²) in [5, 5.41) is 8.87. The van der Waals surface area contributed by atoms with Crippen molar-refractivity contribution in [2.45, 2.75) is 45.4 Å². The Labute approximate surface area is 238 Å². The van der Waals surface area contributed by atoms with Crippen LogP contribution in [0.5, 0.6) is 5.88 Å². The molecule has 1 saturated carbocycles. The SMILES string of the molecule is COc1ccc(-c2ccc(C[C@H](CC(=O)C3CCC(CN)CC3)C(=O)Nc3ccc4c(=O)[nH][nH]c4c3)cc2)c(C)n1. The van der Waals surface area contributed by atoms with Gasteiger partial charge in [0, 0.05) is 41.3 Å². The van der Waals surface area contributed by atoms with Gasteiger partial charge in [-0.25, -0.2) is 4.98 Å². The Hall–Kier alpha value is -4.24. The number of ketones is 1. The second-order valence-electron chi connectivity index (χ2n) is 11.0. The quantitative estimate of drug-likeness (QED) is 0.222. The first-order valence-electron chi connectivity index (χ1n) is 14.2. The number of hydrogen-bond donors (Lipinski definition) is 4. The van der Waals surface area contributed by atoms with Crippen molar-refractivity contribution in [2.24, 2.45) is 23.5 Å². The highest BCUT2D eigenvalue weighted by atomic mass is 16.5. The number of ether oxygens (including phenoxy) is 1. The molecule has 2 aromatic carbocycles. The number of aromatic amines is 2. The number of rotatable bonds is 10. The van der Waals surface area contributed by atoms with Gasteiger partial charge in [0.25, 0.3) is 5.56 Å². The lowest BCUT2D eigenvalue weighted by Gasteiger charge is -2.27. The van der Waals surface area contributed by atoms with Crippen LogP contribution in [-0.2, 0) is 16.0 Å². The van der Waals surface area contributed by atoms with Gasteiger partial charge in [-0.3, -0.25) is 24.6 Å². The first-order valence-corrected chi connectivity index (χ1v) is 14.2. The molecule has 0 saturated heterocycles. The van der Waals surface area contributed by atoms with Crippen molar-refractivity contribution in [1.82, 2.24) is 15.2 Å². The van der Waals surface area contributed by atoms with Crippen LogP contribution in [0.4, 0.5) is 5.69 Å². The van der Waals surface area contributed by atoms with Gasteiger partial charge in [0.1, 0.15) is 5.78 Å². The number of anilines is 1. The molecule has 1 amide bonds. The molecule has 2 heterocycles. The number of pyridine rings is 1. The van der Waals surface area contributed by atoms with E-state index >= 15 is 0 Å². The van der Waals surface area contributed by atoms with Crippen LogP contribution in [0.15, 0.2) is 59.4 Å². The first-order chi connectivity index (χ1) is 19.8. The van der Waals surface area contributed by atoms with E-state index in [4.69, 9.17) is 10.5 Å². The molecule has 0 radical (unpaired) electrons. The number of carbonyl (C=O) groups excluding carboxylic acids is 2. The molecule has 214 valence electrons. The second-order valence-corrected chi connectivity index (χ2v) is 11.0. The molecule has 1 atom stereocenters. The number of amides is 1. The predicted octanol–water partition coefficient (Wildman–Crippen LogP) is 4.76. The summed E-state index contributed by atoms with van der Waals surface area (Å²) in [4.78, 5) is 43.3. The standard InChI is InChI=1S/C32H37N5O4/c1-19-26(13-14-30(34-19)41-2)22-7-3-20(4-8-22)15-24(16-29(38)23-9-5-21(18-33)6-10-23)31(39)35-25-11-12-27-28(17-25)36-37-32(27)40/h3-4,7-8,11-14,17,21,23-24H,5-6,9-10,15-16,18,33H2,1-2H3,(H,35,39)(H2,36,37,40)/t21?,23?,24-/m1/s1. The summed E-state index contributed by atoms with van der Waals surface area (Å²) in [6.45, 7) is 2.60. The fourth-order valence-electron chi connectivity index (χ4n) is 5.81. The number of methoxy groups -OCH3 is 1. The molecule has 5 rings (SSSR count). The van der Waals surface area contributed by atoms with Crippen LogP contribution >= 0.6 is 0 Å². The number of nitrogens with zero attached hydrogens (tertiary/aromatic N) is 1. The molecule has 4 aromatic rings. The van der Waals surface area contributed by atoms with E-state index < -0.39 is 5.92 Å². The van der Waals surface area contributed by atoms with Crippen LogP contribution in [-0.4, -0.2) is 40.5 Å². The molecule has 0 unspecified atom stereocenters. The monoisotopic (exact) mass is 555 g/mol. The van der Waals surface area contributed by atoms with Gasteiger partial charge in [-0.1, -0.05) is 24.3 Å². The minimum atomic E-state index is -0.536. The summed E-state index contributed by atoms with van der Waals surface area (Å²) in [7, 11) is 1.60. The zero-order chi connectivity index (χ0) is 28.9. The second kappa shape index (κ2) is 12.5. The lowest BCUT2D eigenvalue weighted by Crippen LogP contribution is -2.31. The number of carbonyl (C=O) groups is 2. The number of nitrogens with one attached hydrogen (secondary N) is 3. The first kappa shape index (κ1) is 28.3. The number of Topliss-reactive ketones (excluding diaryl/α,β-unsaturated/α-hetero) is 1. The third-order valence-electron chi connectivity index (χ3n) is 8.31. The fraction of sp³-hybridized carbons (Fsp3) is 0.375. The average molecular weight is 556 g/mol. The Morgan fingerprint density at radius 3 is 2.49 bits per heavy atom. The number of benzene rings is 2. The summed E-state index contributed by atoms with van der Waals surface area (Å²) in [5.41, 5.74) is 10.7. The molecule has 9 nitrogen and oxygen atoms in total. The number of H-pyrrole nitrogens is 2. The maximum absolute atomic E-state index is 13.6. The number of nitrogens with two attached hydrogens (primary N) is 1. The lowest BCUT2D eigenvalue weighted by molar-refractivity contribution is -0.129. The van der Waals surface area contributed by atoms with Gasteiger partial charge >= 0.3 is 0 Å². The van der Waals surface area contributed by atoms with Gasteiger partial charge in [-0.2, -0.15) is 0 Å². The summed E-state index contributed by atoms with van der Waals surface area (Å²) < 4.78 is 5.22. The van der Waals surface area contributed by atoms with Gasteiger partial charge in [0.05, 0.1) is 18.0 Å². The van der Waals surface area contributed by atoms with Gasteiger partial charge in [-0.15, -0.1) is 0 Å². The molecule has 1 aliphatic carbocycles. The molecule has 0 spiro atoms. The van der Waals surface area contributed by atoms with Crippen molar-refractivity contribution in [1.29, 1.82) is 0 Å². The van der Waals surface area contributed by atoms with Crippen LogP contribution < -0.4 is 21.3 Å². The van der Waals surface area contributed by atoms with Gasteiger partial charge in [-0.05, 0) is 86.9 Å². The molecule has 9 heteroatoms. The molecular weight excluding hydrogens is 518 g/mol. The van der Waals surface area contributed by atoms with Gasteiger partial charge < -0.3 is 15.8 Å². The van der Waals surface area contributed by atoms with E-state index in [0.29, 0.717) is 41.4 Å².